The van der Waals surface area contributed by atoms with Crippen LogP contribution in [0.15, 0.2) is 27.6 Å². The number of sulfonamides is 1. The standard InChI is InChI=1S/C10H12BrClN2O2S.ClH/c11-9-5-7(12)1-2-10(9)17(15,16)14-8-3-4-13-6-8;/h1-2,5,8,13-14H,3-4,6H2;1H. The minimum absolute atomic E-state index is 0. The summed E-state index contributed by atoms with van der Waals surface area (Å²) in [4.78, 5) is 0.216. The highest BCUT2D eigenvalue weighted by Crippen LogP contribution is 2.25. The molecule has 1 atom stereocenters. The summed E-state index contributed by atoms with van der Waals surface area (Å²) in [6.07, 6.45) is 0.810. The summed E-state index contributed by atoms with van der Waals surface area (Å²) in [6, 6.07) is 4.59. The maximum Gasteiger partial charge on any atom is 0.241 e. The van der Waals surface area contributed by atoms with Crippen LogP contribution < -0.4 is 10.0 Å². The van der Waals surface area contributed by atoms with E-state index in [0.29, 0.717) is 16.0 Å². The van der Waals surface area contributed by atoms with Gasteiger partial charge in [0.2, 0.25) is 10.0 Å². The molecule has 0 saturated carbocycles. The van der Waals surface area contributed by atoms with Crippen molar-refractivity contribution in [3.8, 4) is 0 Å². The van der Waals surface area contributed by atoms with Crippen molar-refractivity contribution in [3.63, 3.8) is 0 Å². The van der Waals surface area contributed by atoms with Crippen molar-refractivity contribution in [1.82, 2.24) is 10.0 Å². The topological polar surface area (TPSA) is 58.2 Å². The molecule has 8 heteroatoms. The van der Waals surface area contributed by atoms with E-state index in [1.54, 1.807) is 12.1 Å². The largest absolute Gasteiger partial charge is 0.315 e. The highest BCUT2D eigenvalue weighted by molar-refractivity contribution is 9.10. The van der Waals surface area contributed by atoms with Gasteiger partial charge in [-0.25, -0.2) is 13.1 Å². The Kier molecular flexibility index (Phi) is 5.89. The Hall–Kier alpha value is 0.150. The summed E-state index contributed by atoms with van der Waals surface area (Å²) >= 11 is 9.00. The van der Waals surface area contributed by atoms with Crippen LogP contribution in [0.1, 0.15) is 6.42 Å². The average molecular weight is 376 g/mol. The molecule has 1 unspecified atom stereocenters. The number of halogens is 3. The first-order valence-corrected chi connectivity index (χ1v) is 7.82. The Labute approximate surface area is 126 Å². The Bertz CT molecular complexity index is 519. The molecule has 0 spiro atoms. The zero-order valence-corrected chi connectivity index (χ0v) is 13.3. The van der Waals surface area contributed by atoms with Gasteiger partial charge in [0.05, 0.1) is 4.90 Å². The van der Waals surface area contributed by atoms with Crippen molar-refractivity contribution in [2.75, 3.05) is 13.1 Å². The number of hydrogen-bond donors (Lipinski definition) is 2. The van der Waals surface area contributed by atoms with E-state index in [1.165, 1.54) is 6.07 Å². The lowest BCUT2D eigenvalue weighted by Gasteiger charge is -2.13. The second-order valence-electron chi connectivity index (χ2n) is 3.89. The molecule has 0 radical (unpaired) electrons. The summed E-state index contributed by atoms with van der Waals surface area (Å²) in [5, 5.41) is 3.61. The normalized spacial score (nSPS) is 19.6. The maximum atomic E-state index is 12.1. The van der Waals surface area contributed by atoms with Crippen molar-refractivity contribution >= 4 is 50.0 Å². The van der Waals surface area contributed by atoms with Gasteiger partial charge in [-0.3, -0.25) is 0 Å². The third kappa shape index (κ3) is 3.82. The molecule has 1 aliphatic heterocycles. The zero-order chi connectivity index (χ0) is 12.5. The van der Waals surface area contributed by atoms with E-state index in [2.05, 4.69) is 26.0 Å². The van der Waals surface area contributed by atoms with Crippen LogP contribution in [0.2, 0.25) is 5.02 Å². The van der Waals surface area contributed by atoms with Gasteiger partial charge in [-0.1, -0.05) is 11.6 Å². The van der Waals surface area contributed by atoms with Crippen LogP contribution in [0.3, 0.4) is 0 Å². The minimum atomic E-state index is -3.49. The van der Waals surface area contributed by atoms with Gasteiger partial charge >= 0.3 is 0 Å². The van der Waals surface area contributed by atoms with Crippen LogP contribution in [0.25, 0.3) is 0 Å². The number of nitrogens with one attached hydrogen (secondary N) is 2. The van der Waals surface area contributed by atoms with Crippen molar-refractivity contribution in [1.29, 1.82) is 0 Å². The fourth-order valence-electron chi connectivity index (χ4n) is 1.73. The number of hydrogen-bond acceptors (Lipinski definition) is 3. The smallest absolute Gasteiger partial charge is 0.241 e. The minimum Gasteiger partial charge on any atom is -0.315 e. The van der Waals surface area contributed by atoms with Crippen molar-refractivity contribution < 1.29 is 8.42 Å². The molecule has 0 aromatic heterocycles. The summed E-state index contributed by atoms with van der Waals surface area (Å²) < 4.78 is 27.4. The first kappa shape index (κ1) is 16.2. The van der Waals surface area contributed by atoms with Crippen LogP contribution in [0, 0.1) is 0 Å². The van der Waals surface area contributed by atoms with Gasteiger partial charge in [0.25, 0.3) is 0 Å². The first-order chi connectivity index (χ1) is 7.99. The van der Waals surface area contributed by atoms with Gasteiger partial charge in [-0.2, -0.15) is 0 Å². The van der Waals surface area contributed by atoms with E-state index < -0.39 is 10.0 Å². The van der Waals surface area contributed by atoms with E-state index in [9.17, 15) is 8.42 Å². The van der Waals surface area contributed by atoms with Gasteiger partial charge in [-0.05, 0) is 47.1 Å². The molecule has 1 heterocycles. The van der Waals surface area contributed by atoms with Crippen LogP contribution in [-0.4, -0.2) is 27.5 Å². The third-order valence-electron chi connectivity index (χ3n) is 2.57. The van der Waals surface area contributed by atoms with Crippen molar-refractivity contribution in [2.24, 2.45) is 0 Å². The van der Waals surface area contributed by atoms with E-state index in [0.717, 1.165) is 13.0 Å². The van der Waals surface area contributed by atoms with Crippen LogP contribution in [-0.2, 0) is 10.0 Å². The van der Waals surface area contributed by atoms with E-state index in [1.807, 2.05) is 0 Å². The van der Waals surface area contributed by atoms with Gasteiger partial charge in [0.15, 0.2) is 0 Å². The van der Waals surface area contributed by atoms with Gasteiger partial charge in [0, 0.05) is 22.1 Å². The number of benzene rings is 1. The molecule has 0 amide bonds. The Morgan fingerprint density at radius 1 is 1.44 bits per heavy atom. The summed E-state index contributed by atoms with van der Waals surface area (Å²) in [5.74, 6) is 0. The van der Waals surface area contributed by atoms with Gasteiger partial charge in [-0.15, -0.1) is 12.4 Å². The Balaban J connectivity index is 0.00000162. The lowest BCUT2D eigenvalue weighted by atomic mass is 10.3. The molecule has 2 N–H and O–H groups in total. The van der Waals surface area contributed by atoms with Crippen LogP contribution in [0.5, 0.6) is 0 Å². The maximum absolute atomic E-state index is 12.1. The summed E-state index contributed by atoms with van der Waals surface area (Å²) in [7, 11) is -3.49. The Morgan fingerprint density at radius 3 is 2.72 bits per heavy atom. The van der Waals surface area contributed by atoms with Crippen molar-refractivity contribution in [3.05, 3.63) is 27.7 Å². The molecule has 1 fully saturated rings. The fraction of sp³-hybridized carbons (Fsp3) is 0.400. The van der Waals surface area contributed by atoms with Gasteiger partial charge in [0.1, 0.15) is 0 Å². The SMILES string of the molecule is Cl.O=S(=O)(NC1CCNC1)c1ccc(Cl)cc1Br. The predicted octanol–water partition coefficient (Wildman–Crippen LogP) is 2.16. The molecule has 18 heavy (non-hydrogen) atoms. The molecule has 1 aromatic carbocycles. The second-order valence-corrected chi connectivity index (χ2v) is 6.86. The second kappa shape index (κ2) is 6.54. The quantitative estimate of drug-likeness (QED) is 0.851. The Morgan fingerprint density at radius 2 is 2.17 bits per heavy atom. The molecule has 0 aliphatic carbocycles. The van der Waals surface area contributed by atoms with E-state index in [4.69, 9.17) is 11.6 Å². The molecule has 4 nitrogen and oxygen atoms in total. The molecule has 1 aromatic rings. The van der Waals surface area contributed by atoms with Gasteiger partial charge < -0.3 is 5.32 Å². The first-order valence-electron chi connectivity index (χ1n) is 5.17. The molecule has 0 bridgehead atoms. The predicted molar refractivity (Wildman–Crippen MR) is 78.0 cm³/mol. The highest BCUT2D eigenvalue weighted by atomic mass is 79.9. The summed E-state index contributed by atoms with van der Waals surface area (Å²) in [5.41, 5.74) is 0. The molecule has 1 aliphatic rings. The molecule has 2 rings (SSSR count). The number of rotatable bonds is 3. The molecule has 102 valence electrons. The zero-order valence-electron chi connectivity index (χ0n) is 9.32. The monoisotopic (exact) mass is 374 g/mol. The fourth-order valence-corrected chi connectivity index (χ4v) is 4.38. The summed E-state index contributed by atoms with van der Waals surface area (Å²) in [6.45, 7) is 1.51. The molecular weight excluding hydrogens is 363 g/mol. The van der Waals surface area contributed by atoms with E-state index >= 15 is 0 Å². The lowest BCUT2D eigenvalue weighted by Crippen LogP contribution is -2.36. The highest BCUT2D eigenvalue weighted by Gasteiger charge is 2.24. The van der Waals surface area contributed by atoms with Crippen LogP contribution >= 0.6 is 39.9 Å². The third-order valence-corrected chi connectivity index (χ3v) is 5.30. The average Bonchev–Trinajstić information content (AvgIpc) is 2.68. The van der Waals surface area contributed by atoms with Crippen LogP contribution in [0.4, 0.5) is 0 Å². The molecule has 1 saturated heterocycles. The molecular formula is C10H13BrCl2N2O2S. The lowest BCUT2D eigenvalue weighted by molar-refractivity contribution is 0.559. The van der Waals surface area contributed by atoms with E-state index in [-0.39, 0.29) is 23.3 Å². The van der Waals surface area contributed by atoms with Crippen molar-refractivity contribution in [2.45, 2.75) is 17.4 Å².